The maximum atomic E-state index is 13.6. The van der Waals surface area contributed by atoms with Crippen molar-refractivity contribution in [2.45, 2.75) is 23.8 Å². The first-order valence-electron chi connectivity index (χ1n) is 12.6. The number of nitrogens with one attached hydrogen (secondary N) is 2. The van der Waals surface area contributed by atoms with E-state index in [0.29, 0.717) is 30.6 Å². The molecular weight excluding hydrogens is 512 g/mol. The number of carbonyl (C=O) groups is 2. The van der Waals surface area contributed by atoms with Gasteiger partial charge < -0.3 is 10.6 Å². The Balaban J connectivity index is 1.25. The summed E-state index contributed by atoms with van der Waals surface area (Å²) in [5, 5.41) is 6.82. The number of para-hydroxylation sites is 1. The van der Waals surface area contributed by atoms with E-state index in [1.807, 2.05) is 42.5 Å². The lowest BCUT2D eigenvalue weighted by Gasteiger charge is -2.35. The number of aromatic nitrogens is 1. The van der Waals surface area contributed by atoms with Crippen molar-refractivity contribution < 1.29 is 18.0 Å². The molecule has 0 saturated carbocycles. The van der Waals surface area contributed by atoms with Gasteiger partial charge >= 0.3 is 0 Å². The largest absolute Gasteiger partial charge is 0.352 e. The summed E-state index contributed by atoms with van der Waals surface area (Å²) in [7, 11) is -3.88. The third kappa shape index (κ3) is 5.53. The Bertz CT molecular complexity index is 1650. The molecule has 8 nitrogen and oxygen atoms in total. The molecule has 2 heterocycles. The number of sulfonamides is 1. The molecule has 3 aromatic carbocycles. The number of anilines is 1. The zero-order chi connectivity index (χ0) is 27.4. The van der Waals surface area contributed by atoms with E-state index in [9.17, 15) is 18.0 Å². The molecule has 2 amide bonds. The van der Waals surface area contributed by atoms with Gasteiger partial charge in [0.05, 0.1) is 22.1 Å². The number of fused-ring (bicyclic) bond motifs is 2. The molecule has 4 aromatic rings. The van der Waals surface area contributed by atoms with Gasteiger partial charge in [0.2, 0.25) is 5.91 Å². The molecule has 2 N–H and O–H groups in total. The molecule has 0 saturated heterocycles. The monoisotopic (exact) mass is 540 g/mol. The molecule has 0 aliphatic carbocycles. The first-order chi connectivity index (χ1) is 18.9. The maximum Gasteiger partial charge on any atom is 0.264 e. The van der Waals surface area contributed by atoms with Crippen LogP contribution < -0.4 is 14.9 Å². The summed E-state index contributed by atoms with van der Waals surface area (Å²) in [6.45, 7) is 4.12. The van der Waals surface area contributed by atoms with E-state index < -0.39 is 10.0 Å². The number of rotatable bonds is 8. The van der Waals surface area contributed by atoms with Crippen molar-refractivity contribution >= 4 is 38.4 Å². The Kier molecular flexibility index (Phi) is 7.42. The number of nitrogens with zero attached hydrogens (tertiary/aromatic N) is 2. The minimum absolute atomic E-state index is 0.0890. The predicted molar refractivity (Wildman–Crippen MR) is 151 cm³/mol. The number of hydrogen-bond donors (Lipinski definition) is 2. The molecule has 0 spiro atoms. The van der Waals surface area contributed by atoms with Crippen LogP contribution >= 0.6 is 0 Å². The lowest BCUT2D eigenvalue weighted by molar-refractivity contribution is -0.117. The van der Waals surface area contributed by atoms with E-state index in [0.717, 1.165) is 22.0 Å². The molecule has 39 heavy (non-hydrogen) atoms. The van der Waals surface area contributed by atoms with E-state index in [4.69, 9.17) is 0 Å². The summed E-state index contributed by atoms with van der Waals surface area (Å²) in [4.78, 5) is 29.0. The van der Waals surface area contributed by atoms with E-state index in [2.05, 4.69) is 22.2 Å². The molecule has 0 bridgehead atoms. The van der Waals surface area contributed by atoms with Gasteiger partial charge in [-0.2, -0.15) is 0 Å². The van der Waals surface area contributed by atoms with Gasteiger partial charge in [-0.3, -0.25) is 18.9 Å². The van der Waals surface area contributed by atoms with Crippen LogP contribution in [0, 0.1) is 0 Å². The van der Waals surface area contributed by atoms with Crippen molar-refractivity contribution in [1.29, 1.82) is 0 Å². The lowest BCUT2D eigenvalue weighted by atomic mass is 9.98. The predicted octanol–water partition coefficient (Wildman–Crippen LogP) is 4.15. The number of hydrogen-bond acceptors (Lipinski definition) is 5. The van der Waals surface area contributed by atoms with Crippen molar-refractivity contribution in [3.63, 3.8) is 0 Å². The van der Waals surface area contributed by atoms with E-state index in [1.165, 1.54) is 34.6 Å². The summed E-state index contributed by atoms with van der Waals surface area (Å²) in [5.41, 5.74) is 3.59. The molecule has 1 aliphatic heterocycles. The SMILES string of the molecule is C=CC(=O)NC1CCN(S(=O)(=O)c2ccc(C(=O)NCCc3ccc4cccnc4c3)cc2)c2ccccc21. The summed E-state index contributed by atoms with van der Waals surface area (Å²) in [5.74, 6) is -0.587. The lowest BCUT2D eigenvalue weighted by Crippen LogP contribution is -2.40. The molecule has 1 aromatic heterocycles. The fraction of sp³-hybridized carbons (Fsp3) is 0.167. The van der Waals surface area contributed by atoms with Gasteiger partial charge in [0.15, 0.2) is 0 Å². The molecule has 1 atom stereocenters. The van der Waals surface area contributed by atoms with Crippen LogP contribution in [0.2, 0.25) is 0 Å². The molecule has 9 heteroatoms. The number of amides is 2. The molecule has 198 valence electrons. The fourth-order valence-corrected chi connectivity index (χ4v) is 6.26. The second-order valence-corrected chi connectivity index (χ2v) is 11.1. The highest BCUT2D eigenvalue weighted by Crippen LogP contribution is 2.37. The normalized spacial score (nSPS) is 14.9. The number of pyridine rings is 1. The second-order valence-electron chi connectivity index (χ2n) is 9.25. The standard InChI is InChI=1S/C30H28N4O4S/c1-2-29(35)33-26-16-19-34(28-8-4-3-7-25(26)28)39(37,38)24-13-11-23(12-14-24)30(36)32-18-15-21-9-10-22-6-5-17-31-27(22)20-21/h2-14,17,20,26H,1,15-16,18-19H2,(H,32,36)(H,33,35). The summed E-state index contributed by atoms with van der Waals surface area (Å²) in [6, 6.07) is 22.7. The van der Waals surface area contributed by atoms with Gasteiger partial charge in [-0.15, -0.1) is 0 Å². The van der Waals surface area contributed by atoms with Crippen LogP contribution in [0.3, 0.4) is 0 Å². The fourth-order valence-electron chi connectivity index (χ4n) is 4.76. The number of carbonyl (C=O) groups excluding carboxylic acids is 2. The molecule has 0 fully saturated rings. The Labute approximate surface area is 227 Å². The molecule has 5 rings (SSSR count). The zero-order valence-electron chi connectivity index (χ0n) is 21.2. The summed E-state index contributed by atoms with van der Waals surface area (Å²) < 4.78 is 28.5. The smallest absolute Gasteiger partial charge is 0.264 e. The highest BCUT2D eigenvalue weighted by Gasteiger charge is 2.33. The van der Waals surface area contributed by atoms with Crippen LogP contribution in [0.4, 0.5) is 5.69 Å². The Morgan fingerprint density at radius 3 is 2.62 bits per heavy atom. The van der Waals surface area contributed by atoms with Crippen molar-refractivity contribution in [3.8, 4) is 0 Å². The molecule has 1 unspecified atom stereocenters. The quantitative estimate of drug-likeness (QED) is 0.327. The topological polar surface area (TPSA) is 108 Å². The number of benzene rings is 3. The van der Waals surface area contributed by atoms with Gasteiger partial charge in [-0.1, -0.05) is 43.0 Å². The Hall–Kier alpha value is -4.50. The van der Waals surface area contributed by atoms with Crippen molar-refractivity contribution in [3.05, 3.63) is 114 Å². The summed E-state index contributed by atoms with van der Waals surface area (Å²) >= 11 is 0. The van der Waals surface area contributed by atoms with Crippen LogP contribution in [-0.4, -0.2) is 38.3 Å². The van der Waals surface area contributed by atoms with Crippen LogP contribution in [0.25, 0.3) is 10.9 Å². The van der Waals surface area contributed by atoms with E-state index in [-0.39, 0.29) is 29.3 Å². The third-order valence-corrected chi connectivity index (χ3v) is 8.61. The minimum Gasteiger partial charge on any atom is -0.352 e. The average molecular weight is 541 g/mol. The first kappa shape index (κ1) is 26.1. The van der Waals surface area contributed by atoms with Crippen molar-refractivity contribution in [1.82, 2.24) is 15.6 Å². The minimum atomic E-state index is -3.88. The first-order valence-corrected chi connectivity index (χ1v) is 14.1. The second kappa shape index (κ2) is 11.1. The molecule has 1 aliphatic rings. The van der Waals surface area contributed by atoms with Gasteiger partial charge in [-0.05, 0) is 72.5 Å². The Morgan fingerprint density at radius 1 is 1.03 bits per heavy atom. The molecular formula is C30H28N4O4S. The Morgan fingerprint density at radius 2 is 1.82 bits per heavy atom. The van der Waals surface area contributed by atoms with Crippen molar-refractivity contribution in [2.24, 2.45) is 0 Å². The maximum absolute atomic E-state index is 13.6. The molecule has 0 radical (unpaired) electrons. The third-order valence-electron chi connectivity index (χ3n) is 6.78. The highest BCUT2D eigenvalue weighted by atomic mass is 32.2. The van der Waals surface area contributed by atoms with E-state index in [1.54, 1.807) is 18.3 Å². The summed E-state index contributed by atoms with van der Waals surface area (Å²) in [6.07, 6.45) is 4.02. The highest BCUT2D eigenvalue weighted by molar-refractivity contribution is 7.92. The van der Waals surface area contributed by atoms with Crippen molar-refractivity contribution in [2.75, 3.05) is 17.4 Å². The van der Waals surface area contributed by atoms with Gasteiger partial charge in [0.25, 0.3) is 15.9 Å². The van der Waals surface area contributed by atoms with Crippen LogP contribution in [0.5, 0.6) is 0 Å². The van der Waals surface area contributed by atoms with Gasteiger partial charge in [0.1, 0.15) is 0 Å². The zero-order valence-corrected chi connectivity index (χ0v) is 22.0. The van der Waals surface area contributed by atoms with Gasteiger partial charge in [-0.25, -0.2) is 8.42 Å². The van der Waals surface area contributed by atoms with E-state index >= 15 is 0 Å². The average Bonchev–Trinajstić information content (AvgIpc) is 2.97. The van der Waals surface area contributed by atoms with Crippen LogP contribution in [0.1, 0.15) is 33.9 Å². The van der Waals surface area contributed by atoms with Gasteiger partial charge in [0, 0.05) is 30.2 Å². The van der Waals surface area contributed by atoms with Crippen LogP contribution in [-0.2, 0) is 21.2 Å². The van der Waals surface area contributed by atoms with Crippen LogP contribution in [0.15, 0.2) is 103 Å².